The molecule has 0 aliphatic heterocycles. The van der Waals surface area contributed by atoms with Crippen molar-refractivity contribution in [2.45, 2.75) is 32.5 Å². The van der Waals surface area contributed by atoms with E-state index in [0.717, 1.165) is 5.56 Å². The fourth-order valence-corrected chi connectivity index (χ4v) is 1.75. The number of nitrogens with zero attached hydrogens (tertiary/aromatic N) is 2. The first-order valence-electron chi connectivity index (χ1n) is 6.34. The van der Waals surface area contributed by atoms with Crippen molar-refractivity contribution < 1.29 is 9.26 Å². The van der Waals surface area contributed by atoms with Crippen LogP contribution in [0.15, 0.2) is 34.9 Å². The summed E-state index contributed by atoms with van der Waals surface area (Å²) in [6, 6.07) is 10.2. The second-order valence-electron chi connectivity index (χ2n) is 4.61. The maximum absolute atomic E-state index is 5.44. The second kappa shape index (κ2) is 6.45. The number of ether oxygens (including phenoxy) is 1. The third-order valence-corrected chi connectivity index (χ3v) is 2.71. The summed E-state index contributed by atoms with van der Waals surface area (Å²) < 4.78 is 10.7. The van der Waals surface area contributed by atoms with Gasteiger partial charge in [-0.1, -0.05) is 49.3 Å². The lowest BCUT2D eigenvalue weighted by Gasteiger charge is -2.10. The van der Waals surface area contributed by atoms with Crippen molar-refractivity contribution in [3.8, 4) is 0 Å². The Kier molecular flexibility index (Phi) is 4.65. The molecule has 0 saturated heterocycles. The molecule has 0 aliphatic carbocycles. The molecule has 0 bridgehead atoms. The number of rotatable bonds is 6. The van der Waals surface area contributed by atoms with Crippen LogP contribution in [0.25, 0.3) is 0 Å². The van der Waals surface area contributed by atoms with Gasteiger partial charge >= 0.3 is 0 Å². The van der Waals surface area contributed by atoms with Crippen LogP contribution in [0, 0.1) is 0 Å². The molecular weight excluding hydrogens is 242 g/mol. The average Bonchev–Trinajstić information content (AvgIpc) is 2.87. The van der Waals surface area contributed by atoms with Crippen LogP contribution < -0.4 is 5.32 Å². The third kappa shape index (κ3) is 3.62. The molecule has 1 aromatic heterocycles. The van der Waals surface area contributed by atoms with Crippen molar-refractivity contribution in [1.82, 2.24) is 15.5 Å². The van der Waals surface area contributed by atoms with Crippen LogP contribution in [-0.4, -0.2) is 23.3 Å². The maximum Gasteiger partial charge on any atom is 0.260 e. The zero-order chi connectivity index (χ0) is 13.7. The van der Waals surface area contributed by atoms with Gasteiger partial charge in [0.1, 0.15) is 0 Å². The van der Waals surface area contributed by atoms with Crippen LogP contribution in [0.5, 0.6) is 0 Å². The van der Waals surface area contributed by atoms with Crippen LogP contribution in [0.1, 0.15) is 37.2 Å². The smallest absolute Gasteiger partial charge is 0.260 e. The summed E-state index contributed by atoms with van der Waals surface area (Å²) in [5.41, 5.74) is 0.997. The zero-order valence-electron chi connectivity index (χ0n) is 11.5. The van der Waals surface area contributed by atoms with Gasteiger partial charge in [0.15, 0.2) is 11.9 Å². The molecule has 2 rings (SSSR count). The van der Waals surface area contributed by atoms with Gasteiger partial charge in [-0.05, 0) is 5.56 Å². The summed E-state index contributed by atoms with van der Waals surface area (Å²) in [4.78, 5) is 4.36. The van der Waals surface area contributed by atoms with Gasteiger partial charge in [0.05, 0.1) is 6.54 Å². The highest BCUT2D eigenvalue weighted by Gasteiger charge is 2.20. The Labute approximate surface area is 113 Å². The molecule has 0 fully saturated rings. The highest BCUT2D eigenvalue weighted by Crippen LogP contribution is 2.23. The Morgan fingerprint density at radius 1 is 1.26 bits per heavy atom. The largest absolute Gasteiger partial charge is 0.367 e. The van der Waals surface area contributed by atoms with Crippen molar-refractivity contribution >= 4 is 0 Å². The van der Waals surface area contributed by atoms with Gasteiger partial charge in [-0.3, -0.25) is 0 Å². The minimum absolute atomic E-state index is 0.318. The number of methoxy groups -OCH3 is 1. The first kappa shape index (κ1) is 13.7. The van der Waals surface area contributed by atoms with Gasteiger partial charge in [0, 0.05) is 13.2 Å². The van der Waals surface area contributed by atoms with Crippen molar-refractivity contribution in [2.24, 2.45) is 0 Å². The van der Waals surface area contributed by atoms with E-state index in [9.17, 15) is 0 Å². The van der Waals surface area contributed by atoms with Crippen molar-refractivity contribution in [2.75, 3.05) is 7.11 Å². The van der Waals surface area contributed by atoms with Crippen molar-refractivity contribution in [1.29, 1.82) is 0 Å². The van der Waals surface area contributed by atoms with E-state index < -0.39 is 0 Å². The molecule has 1 aromatic carbocycles. The monoisotopic (exact) mass is 261 g/mol. The molecule has 19 heavy (non-hydrogen) atoms. The van der Waals surface area contributed by atoms with Gasteiger partial charge in [-0.25, -0.2) is 0 Å². The van der Waals surface area contributed by atoms with E-state index in [1.54, 1.807) is 7.11 Å². The molecule has 2 aromatic rings. The molecule has 5 heteroatoms. The van der Waals surface area contributed by atoms with E-state index in [1.165, 1.54) is 0 Å². The quantitative estimate of drug-likeness (QED) is 0.864. The number of hydrogen-bond acceptors (Lipinski definition) is 5. The lowest BCUT2D eigenvalue weighted by atomic mass is 10.1. The van der Waals surface area contributed by atoms with E-state index in [2.05, 4.69) is 29.3 Å². The second-order valence-corrected chi connectivity index (χ2v) is 4.61. The fraction of sp³-hybridized carbons (Fsp3) is 0.429. The Bertz CT molecular complexity index is 496. The molecule has 0 amide bonds. The third-order valence-electron chi connectivity index (χ3n) is 2.71. The highest BCUT2D eigenvalue weighted by atomic mass is 16.5. The normalized spacial score (nSPS) is 12.8. The molecule has 1 N–H and O–H groups in total. The topological polar surface area (TPSA) is 60.2 Å². The van der Waals surface area contributed by atoms with E-state index in [0.29, 0.717) is 24.3 Å². The van der Waals surface area contributed by atoms with Gasteiger partial charge < -0.3 is 14.6 Å². The molecule has 0 saturated carbocycles. The minimum atomic E-state index is -0.318. The Balaban J connectivity index is 2.12. The fourth-order valence-electron chi connectivity index (χ4n) is 1.75. The zero-order valence-corrected chi connectivity index (χ0v) is 11.5. The molecule has 1 heterocycles. The number of hydrogen-bond donors (Lipinski definition) is 1. The summed E-state index contributed by atoms with van der Waals surface area (Å²) in [6.07, 6.45) is -0.318. The van der Waals surface area contributed by atoms with Crippen LogP contribution in [0.3, 0.4) is 0 Å². The van der Waals surface area contributed by atoms with E-state index in [4.69, 9.17) is 9.26 Å². The van der Waals surface area contributed by atoms with Gasteiger partial charge in [0.2, 0.25) is 0 Å². The number of nitrogens with one attached hydrogen (secondary N) is 1. The van der Waals surface area contributed by atoms with E-state index in [-0.39, 0.29) is 6.10 Å². The predicted octanol–water partition coefficient (Wildman–Crippen LogP) is 2.30. The van der Waals surface area contributed by atoms with Gasteiger partial charge in [-0.2, -0.15) is 4.98 Å². The molecule has 1 atom stereocenters. The van der Waals surface area contributed by atoms with Gasteiger partial charge in [0.25, 0.3) is 5.89 Å². The molecule has 1 unspecified atom stereocenters. The summed E-state index contributed by atoms with van der Waals surface area (Å²) in [7, 11) is 1.63. The summed E-state index contributed by atoms with van der Waals surface area (Å²) in [6.45, 7) is 4.73. The number of benzene rings is 1. The Morgan fingerprint density at radius 2 is 2.00 bits per heavy atom. The summed E-state index contributed by atoms with van der Waals surface area (Å²) in [5, 5.41) is 7.20. The molecular formula is C14H19N3O2. The van der Waals surface area contributed by atoms with Crippen LogP contribution in [0.4, 0.5) is 0 Å². The highest BCUT2D eigenvalue weighted by molar-refractivity contribution is 5.21. The molecule has 5 nitrogen and oxygen atoms in total. The van der Waals surface area contributed by atoms with Crippen LogP contribution in [0.2, 0.25) is 0 Å². The predicted molar refractivity (Wildman–Crippen MR) is 71.6 cm³/mol. The SMILES string of the molecule is COC(c1ccccc1)c1nc(CNC(C)C)no1. The van der Waals surface area contributed by atoms with E-state index in [1.807, 2.05) is 30.3 Å². The van der Waals surface area contributed by atoms with E-state index >= 15 is 0 Å². The maximum atomic E-state index is 5.44. The lowest BCUT2D eigenvalue weighted by molar-refractivity contribution is 0.105. The van der Waals surface area contributed by atoms with Crippen LogP contribution in [-0.2, 0) is 11.3 Å². The molecule has 0 radical (unpaired) electrons. The summed E-state index contributed by atoms with van der Waals surface area (Å²) >= 11 is 0. The van der Waals surface area contributed by atoms with Gasteiger partial charge in [-0.15, -0.1) is 0 Å². The molecule has 0 spiro atoms. The standard InChI is InChI=1S/C14H19N3O2/c1-10(2)15-9-12-16-14(19-17-12)13(18-3)11-7-5-4-6-8-11/h4-8,10,13,15H,9H2,1-3H3. The van der Waals surface area contributed by atoms with Crippen LogP contribution >= 0.6 is 0 Å². The van der Waals surface area contributed by atoms with Crippen molar-refractivity contribution in [3.05, 3.63) is 47.6 Å². The first-order valence-corrected chi connectivity index (χ1v) is 6.34. The molecule has 102 valence electrons. The minimum Gasteiger partial charge on any atom is -0.367 e. The first-order chi connectivity index (χ1) is 9.20. The average molecular weight is 261 g/mol. The Hall–Kier alpha value is -1.72. The Morgan fingerprint density at radius 3 is 2.63 bits per heavy atom. The van der Waals surface area contributed by atoms with Crippen molar-refractivity contribution in [3.63, 3.8) is 0 Å². The summed E-state index contributed by atoms with van der Waals surface area (Å²) in [5.74, 6) is 1.12. The number of aromatic nitrogens is 2. The lowest BCUT2D eigenvalue weighted by Crippen LogP contribution is -2.22. The molecule has 0 aliphatic rings.